The van der Waals surface area contributed by atoms with E-state index in [0.29, 0.717) is 5.56 Å². The number of nitriles is 1. The summed E-state index contributed by atoms with van der Waals surface area (Å²) in [6.07, 6.45) is 1.87. The quantitative estimate of drug-likeness (QED) is 0.741. The summed E-state index contributed by atoms with van der Waals surface area (Å²) in [5.74, 6) is 0.0846. The largest absolute Gasteiger partial charge is 0.311 e. The van der Waals surface area contributed by atoms with E-state index in [0.717, 1.165) is 25.1 Å². The van der Waals surface area contributed by atoms with Crippen molar-refractivity contribution in [3.63, 3.8) is 0 Å². The van der Waals surface area contributed by atoms with E-state index in [1.165, 1.54) is 0 Å². The standard InChI is InChI=1S/C12H11BrN2O/c13-11-5-2-6-15(12(11)16)10-4-1-3-9(7-10)8-14/h1,3-4,7,11H,2,5-6H2. The zero-order chi connectivity index (χ0) is 11.5. The number of rotatable bonds is 1. The van der Waals surface area contributed by atoms with Crippen LogP contribution in [0.4, 0.5) is 5.69 Å². The molecule has 82 valence electrons. The molecule has 0 aliphatic carbocycles. The summed E-state index contributed by atoms with van der Waals surface area (Å²) in [6, 6.07) is 9.24. The summed E-state index contributed by atoms with van der Waals surface area (Å²) in [5, 5.41) is 8.82. The molecule has 1 fully saturated rings. The Bertz CT molecular complexity index is 453. The molecule has 1 heterocycles. The van der Waals surface area contributed by atoms with E-state index in [2.05, 4.69) is 22.0 Å². The highest BCUT2D eigenvalue weighted by atomic mass is 79.9. The van der Waals surface area contributed by atoms with Crippen molar-refractivity contribution in [2.75, 3.05) is 11.4 Å². The maximum atomic E-state index is 11.9. The highest BCUT2D eigenvalue weighted by molar-refractivity contribution is 9.10. The lowest BCUT2D eigenvalue weighted by Crippen LogP contribution is -2.41. The van der Waals surface area contributed by atoms with Crippen molar-refractivity contribution in [1.82, 2.24) is 0 Å². The molecule has 1 aliphatic rings. The van der Waals surface area contributed by atoms with Crippen LogP contribution in [0, 0.1) is 11.3 Å². The van der Waals surface area contributed by atoms with Crippen molar-refractivity contribution in [2.45, 2.75) is 17.7 Å². The van der Waals surface area contributed by atoms with Gasteiger partial charge in [-0.1, -0.05) is 22.0 Å². The summed E-state index contributed by atoms with van der Waals surface area (Å²) in [6.45, 7) is 0.732. The van der Waals surface area contributed by atoms with Gasteiger partial charge in [0.1, 0.15) is 0 Å². The number of halogens is 1. The molecule has 1 aromatic rings. The zero-order valence-electron chi connectivity index (χ0n) is 8.69. The molecule has 1 saturated heterocycles. The van der Waals surface area contributed by atoms with Crippen LogP contribution in [-0.4, -0.2) is 17.3 Å². The van der Waals surface area contributed by atoms with Gasteiger partial charge in [-0.15, -0.1) is 0 Å². The second-order valence-corrected chi connectivity index (χ2v) is 4.87. The van der Waals surface area contributed by atoms with Gasteiger partial charge >= 0.3 is 0 Å². The van der Waals surface area contributed by atoms with Crippen LogP contribution in [0.2, 0.25) is 0 Å². The first-order valence-corrected chi connectivity index (χ1v) is 6.09. The van der Waals surface area contributed by atoms with Crippen LogP contribution in [0.25, 0.3) is 0 Å². The molecule has 0 N–H and O–H groups in total. The Kier molecular flexibility index (Phi) is 3.25. The van der Waals surface area contributed by atoms with E-state index in [4.69, 9.17) is 5.26 Å². The molecule has 1 amide bonds. The third kappa shape index (κ3) is 2.10. The molecule has 1 atom stereocenters. The Morgan fingerprint density at radius 1 is 1.50 bits per heavy atom. The molecule has 1 aromatic carbocycles. The smallest absolute Gasteiger partial charge is 0.240 e. The van der Waals surface area contributed by atoms with Crippen LogP contribution in [0.5, 0.6) is 0 Å². The molecule has 16 heavy (non-hydrogen) atoms. The van der Waals surface area contributed by atoms with E-state index < -0.39 is 0 Å². The summed E-state index contributed by atoms with van der Waals surface area (Å²) in [4.78, 5) is 13.6. The average Bonchev–Trinajstić information content (AvgIpc) is 2.33. The Balaban J connectivity index is 2.29. The second-order valence-electron chi connectivity index (χ2n) is 3.76. The van der Waals surface area contributed by atoms with E-state index in [1.54, 1.807) is 23.1 Å². The first-order valence-electron chi connectivity index (χ1n) is 5.18. The maximum absolute atomic E-state index is 11.9. The van der Waals surface area contributed by atoms with Gasteiger partial charge in [-0.05, 0) is 31.0 Å². The van der Waals surface area contributed by atoms with Crippen molar-refractivity contribution in [3.05, 3.63) is 29.8 Å². The van der Waals surface area contributed by atoms with Crippen LogP contribution >= 0.6 is 15.9 Å². The summed E-state index contributed by atoms with van der Waals surface area (Å²) in [5.41, 5.74) is 1.40. The number of anilines is 1. The lowest BCUT2D eigenvalue weighted by molar-refractivity contribution is -0.118. The molecule has 1 aliphatic heterocycles. The molecule has 4 heteroatoms. The van der Waals surface area contributed by atoms with Gasteiger partial charge in [-0.2, -0.15) is 5.26 Å². The molecule has 2 rings (SSSR count). The Hall–Kier alpha value is -1.34. The van der Waals surface area contributed by atoms with Crippen LogP contribution in [0.1, 0.15) is 18.4 Å². The molecule has 1 unspecified atom stereocenters. The minimum atomic E-state index is -0.0907. The molecular formula is C12H11BrN2O. The molecule has 0 aromatic heterocycles. The first-order chi connectivity index (χ1) is 7.72. The number of nitrogens with zero attached hydrogens (tertiary/aromatic N) is 2. The summed E-state index contributed by atoms with van der Waals surface area (Å²) >= 11 is 3.37. The lowest BCUT2D eigenvalue weighted by Gasteiger charge is -2.29. The number of piperidine rings is 1. The van der Waals surface area contributed by atoms with Crippen LogP contribution in [0.3, 0.4) is 0 Å². The van der Waals surface area contributed by atoms with Crippen molar-refractivity contribution in [3.8, 4) is 6.07 Å². The van der Waals surface area contributed by atoms with E-state index in [1.807, 2.05) is 6.07 Å². The minimum Gasteiger partial charge on any atom is -0.311 e. The summed E-state index contributed by atoms with van der Waals surface area (Å²) in [7, 11) is 0. The monoisotopic (exact) mass is 278 g/mol. The van der Waals surface area contributed by atoms with Crippen LogP contribution in [-0.2, 0) is 4.79 Å². The number of benzene rings is 1. The average molecular weight is 279 g/mol. The molecule has 0 saturated carbocycles. The topological polar surface area (TPSA) is 44.1 Å². The number of carbonyl (C=O) groups excluding carboxylic acids is 1. The van der Waals surface area contributed by atoms with Gasteiger partial charge in [0.05, 0.1) is 16.5 Å². The Morgan fingerprint density at radius 2 is 2.31 bits per heavy atom. The first kappa shape index (κ1) is 11.2. The van der Waals surface area contributed by atoms with Crippen molar-refractivity contribution < 1.29 is 4.79 Å². The number of amides is 1. The fourth-order valence-electron chi connectivity index (χ4n) is 1.83. The Morgan fingerprint density at radius 3 is 3.06 bits per heavy atom. The number of carbonyl (C=O) groups is 1. The second kappa shape index (κ2) is 4.67. The van der Waals surface area contributed by atoms with Crippen molar-refractivity contribution in [1.29, 1.82) is 5.26 Å². The van der Waals surface area contributed by atoms with Crippen molar-refractivity contribution >= 4 is 27.5 Å². The third-order valence-corrected chi connectivity index (χ3v) is 3.51. The number of hydrogen-bond donors (Lipinski definition) is 0. The normalized spacial score (nSPS) is 20.6. The maximum Gasteiger partial charge on any atom is 0.240 e. The van der Waals surface area contributed by atoms with Gasteiger partial charge < -0.3 is 4.90 Å². The number of alkyl halides is 1. The van der Waals surface area contributed by atoms with Gasteiger partial charge in [0, 0.05) is 12.2 Å². The number of hydrogen-bond acceptors (Lipinski definition) is 2. The van der Waals surface area contributed by atoms with E-state index in [-0.39, 0.29) is 10.7 Å². The molecule has 3 nitrogen and oxygen atoms in total. The van der Waals surface area contributed by atoms with Gasteiger partial charge in [-0.25, -0.2) is 0 Å². The van der Waals surface area contributed by atoms with Crippen molar-refractivity contribution in [2.24, 2.45) is 0 Å². The van der Waals surface area contributed by atoms with Gasteiger partial charge in [0.25, 0.3) is 0 Å². The molecule has 0 radical (unpaired) electrons. The van der Waals surface area contributed by atoms with Crippen LogP contribution in [0.15, 0.2) is 24.3 Å². The van der Waals surface area contributed by atoms with E-state index >= 15 is 0 Å². The highest BCUT2D eigenvalue weighted by Crippen LogP contribution is 2.25. The SMILES string of the molecule is N#Cc1cccc(N2CCCC(Br)C2=O)c1. The zero-order valence-corrected chi connectivity index (χ0v) is 10.3. The fourth-order valence-corrected chi connectivity index (χ4v) is 2.40. The predicted molar refractivity (Wildman–Crippen MR) is 65.5 cm³/mol. The molecular weight excluding hydrogens is 268 g/mol. The van der Waals surface area contributed by atoms with E-state index in [9.17, 15) is 4.79 Å². The third-order valence-electron chi connectivity index (χ3n) is 2.66. The van der Waals surface area contributed by atoms with Gasteiger partial charge in [-0.3, -0.25) is 4.79 Å². The van der Waals surface area contributed by atoms with Crippen LogP contribution < -0.4 is 4.90 Å². The molecule has 0 bridgehead atoms. The molecule has 0 spiro atoms. The van der Waals surface area contributed by atoms with Gasteiger partial charge in [0.15, 0.2) is 0 Å². The van der Waals surface area contributed by atoms with Gasteiger partial charge in [0.2, 0.25) is 5.91 Å². The minimum absolute atomic E-state index is 0.0846. The summed E-state index contributed by atoms with van der Waals surface area (Å²) < 4.78 is 0. The highest BCUT2D eigenvalue weighted by Gasteiger charge is 2.27. The fraction of sp³-hybridized carbons (Fsp3) is 0.333. The Labute approximate surface area is 103 Å². The predicted octanol–water partition coefficient (Wildman–Crippen LogP) is 2.45. The lowest BCUT2D eigenvalue weighted by atomic mass is 10.1.